The molecule has 7 nitrogen and oxygen atoms in total. The maximum Gasteiger partial charge on any atom is 0.254 e. The van der Waals surface area contributed by atoms with Gasteiger partial charge in [-0.3, -0.25) is 14.5 Å². The lowest BCUT2D eigenvalue weighted by atomic mass is 10.0. The second-order valence-electron chi connectivity index (χ2n) is 11.2. The van der Waals surface area contributed by atoms with Gasteiger partial charge >= 0.3 is 0 Å². The Morgan fingerprint density at radius 1 is 1.21 bits per heavy atom. The summed E-state index contributed by atoms with van der Waals surface area (Å²) in [6.07, 6.45) is 0.363. The van der Waals surface area contributed by atoms with Crippen molar-refractivity contribution in [3.05, 3.63) is 76.4 Å². The van der Waals surface area contributed by atoms with Crippen LogP contribution in [0, 0.1) is 12.8 Å². The Bertz CT molecular complexity index is 1320. The monoisotopic (exact) mass is 532 g/mol. The van der Waals surface area contributed by atoms with E-state index in [1.165, 1.54) is 0 Å². The third kappa shape index (κ3) is 5.39. The fourth-order valence-electron chi connectivity index (χ4n) is 5.72. The summed E-state index contributed by atoms with van der Waals surface area (Å²) in [5, 5.41) is 14.0. The van der Waals surface area contributed by atoms with Crippen molar-refractivity contribution >= 4 is 23.2 Å². The fraction of sp³-hybridized carbons (Fsp3) is 0.433. The number of benzene rings is 2. The number of likely N-dealkylation sites (tertiary alicyclic amines) is 1. The maximum absolute atomic E-state index is 13.4. The number of carbonyl (C=O) groups is 2. The van der Waals surface area contributed by atoms with Crippen LogP contribution in [0.4, 0.5) is 0 Å². The molecular formula is C30H36N4O3S. The topological polar surface area (TPSA) is 85.8 Å². The van der Waals surface area contributed by atoms with E-state index in [1.807, 2.05) is 53.7 Å². The molecule has 38 heavy (non-hydrogen) atoms. The largest absolute Gasteiger partial charge is 0.389 e. The lowest BCUT2D eigenvalue weighted by molar-refractivity contribution is -0.126. The summed E-state index contributed by atoms with van der Waals surface area (Å²) in [6, 6.07) is 15.4. The van der Waals surface area contributed by atoms with Crippen molar-refractivity contribution in [2.45, 2.75) is 64.9 Å². The van der Waals surface area contributed by atoms with Crippen LogP contribution in [0.1, 0.15) is 54.4 Å². The lowest BCUT2D eigenvalue weighted by Crippen LogP contribution is -2.51. The molecule has 2 aliphatic heterocycles. The molecule has 200 valence electrons. The molecule has 2 amide bonds. The summed E-state index contributed by atoms with van der Waals surface area (Å²) in [5.74, 6) is 0.148. The number of rotatable bonds is 8. The second kappa shape index (κ2) is 10.6. The predicted octanol–water partition coefficient (Wildman–Crippen LogP) is 4.24. The maximum atomic E-state index is 13.4. The van der Waals surface area contributed by atoms with Gasteiger partial charge in [-0.25, -0.2) is 4.98 Å². The normalized spacial score (nSPS) is 22.2. The molecule has 0 spiro atoms. The van der Waals surface area contributed by atoms with Gasteiger partial charge in [0.15, 0.2) is 0 Å². The minimum Gasteiger partial charge on any atom is -0.389 e. The molecule has 1 fully saturated rings. The first-order chi connectivity index (χ1) is 18.1. The van der Waals surface area contributed by atoms with Crippen LogP contribution in [0.2, 0.25) is 0 Å². The van der Waals surface area contributed by atoms with E-state index in [-0.39, 0.29) is 23.8 Å². The third-order valence-corrected chi connectivity index (χ3v) is 8.77. The number of carbonyl (C=O) groups excluding carboxylic acids is 2. The molecule has 3 heterocycles. The van der Waals surface area contributed by atoms with E-state index >= 15 is 0 Å². The predicted molar refractivity (Wildman–Crippen MR) is 150 cm³/mol. The number of β-amino-alcohol motifs (C(OH)–C–C–N with tert-alkyl or cyclic N) is 1. The summed E-state index contributed by atoms with van der Waals surface area (Å²) in [7, 11) is 0. The van der Waals surface area contributed by atoms with Crippen LogP contribution in [0.3, 0.4) is 0 Å². The van der Waals surface area contributed by atoms with Crippen LogP contribution in [-0.4, -0.2) is 62.5 Å². The van der Waals surface area contributed by atoms with Crippen LogP contribution in [-0.2, 0) is 17.9 Å². The van der Waals surface area contributed by atoms with Gasteiger partial charge in [0.25, 0.3) is 5.91 Å². The first-order valence-electron chi connectivity index (χ1n) is 13.3. The number of aliphatic hydroxyl groups is 1. The number of amides is 2. The van der Waals surface area contributed by atoms with Crippen molar-refractivity contribution < 1.29 is 14.7 Å². The Hall–Kier alpha value is -3.07. The standard InChI is InChI=1S/C30H36N4O3S/c1-19(2)26(34-15-23-7-5-6-8-24(23)29(34)36)16-33-17-30(4,37)13-25(33)28(35)31-14-21-9-11-22(12-10-21)27-20(3)32-18-38-27/h5-12,18-19,25-26,37H,13-17H2,1-4H3,(H,31,35)/t25-,26+,30+/m0/s1. The molecule has 3 atom stereocenters. The van der Waals surface area contributed by atoms with Gasteiger partial charge < -0.3 is 15.3 Å². The van der Waals surface area contributed by atoms with Crippen LogP contribution in [0.25, 0.3) is 10.4 Å². The van der Waals surface area contributed by atoms with Crippen molar-refractivity contribution in [1.29, 1.82) is 0 Å². The van der Waals surface area contributed by atoms with Crippen LogP contribution in [0.15, 0.2) is 54.0 Å². The minimum atomic E-state index is -0.963. The van der Waals surface area contributed by atoms with Crippen LogP contribution < -0.4 is 5.32 Å². The summed E-state index contributed by atoms with van der Waals surface area (Å²) < 4.78 is 0. The first kappa shape index (κ1) is 26.5. The van der Waals surface area contributed by atoms with E-state index < -0.39 is 11.6 Å². The van der Waals surface area contributed by atoms with Gasteiger partial charge in [-0.2, -0.15) is 0 Å². The van der Waals surface area contributed by atoms with Crippen molar-refractivity contribution in [2.24, 2.45) is 5.92 Å². The fourth-order valence-corrected chi connectivity index (χ4v) is 6.53. The van der Waals surface area contributed by atoms with Crippen LogP contribution in [0.5, 0.6) is 0 Å². The zero-order chi connectivity index (χ0) is 27.0. The molecule has 2 aromatic carbocycles. The lowest BCUT2D eigenvalue weighted by Gasteiger charge is -2.36. The van der Waals surface area contributed by atoms with Crippen molar-refractivity contribution in [3.63, 3.8) is 0 Å². The molecule has 1 aromatic heterocycles. The molecule has 8 heteroatoms. The molecule has 0 radical (unpaired) electrons. The van der Waals surface area contributed by atoms with Crippen molar-refractivity contribution in [3.8, 4) is 10.4 Å². The molecule has 0 bridgehead atoms. The minimum absolute atomic E-state index is 0.0447. The van der Waals surface area contributed by atoms with E-state index in [2.05, 4.69) is 41.2 Å². The highest BCUT2D eigenvalue weighted by molar-refractivity contribution is 7.13. The Labute approximate surface area is 228 Å². The molecule has 0 saturated carbocycles. The summed E-state index contributed by atoms with van der Waals surface area (Å²) in [6.45, 7) is 9.94. The molecule has 3 aromatic rings. The highest BCUT2D eigenvalue weighted by Gasteiger charge is 2.45. The Kier molecular flexibility index (Phi) is 7.40. The number of aromatic nitrogens is 1. The van der Waals surface area contributed by atoms with E-state index in [0.29, 0.717) is 32.6 Å². The van der Waals surface area contributed by atoms with Gasteiger partial charge in [0.1, 0.15) is 0 Å². The third-order valence-electron chi connectivity index (χ3n) is 7.79. The van der Waals surface area contributed by atoms with Crippen molar-refractivity contribution in [1.82, 2.24) is 20.1 Å². The second-order valence-corrected chi connectivity index (χ2v) is 12.1. The molecule has 0 aliphatic carbocycles. The van der Waals surface area contributed by atoms with Gasteiger partial charge in [0.05, 0.1) is 27.7 Å². The average Bonchev–Trinajstić information content (AvgIpc) is 3.56. The summed E-state index contributed by atoms with van der Waals surface area (Å²) in [5.41, 5.74) is 5.85. The number of nitrogens with zero attached hydrogens (tertiary/aromatic N) is 3. The molecule has 2 N–H and O–H groups in total. The smallest absolute Gasteiger partial charge is 0.254 e. The summed E-state index contributed by atoms with van der Waals surface area (Å²) >= 11 is 1.62. The Morgan fingerprint density at radius 3 is 2.61 bits per heavy atom. The number of nitrogens with one attached hydrogen (secondary N) is 1. The number of aryl methyl sites for hydroxylation is 1. The zero-order valence-electron chi connectivity index (χ0n) is 22.5. The van der Waals surface area contributed by atoms with Gasteiger partial charge in [-0.1, -0.05) is 56.3 Å². The number of hydrogen-bond acceptors (Lipinski definition) is 6. The molecule has 2 aliphatic rings. The SMILES string of the molecule is Cc1ncsc1-c1ccc(CNC(=O)[C@@H]2C[C@@](C)(O)CN2C[C@H](C(C)C)N2Cc3ccccc3C2=O)cc1. The highest BCUT2D eigenvalue weighted by Crippen LogP contribution is 2.32. The van der Waals surface area contributed by atoms with Crippen LogP contribution >= 0.6 is 11.3 Å². The summed E-state index contributed by atoms with van der Waals surface area (Å²) in [4.78, 5) is 36.1. The first-order valence-corrected chi connectivity index (χ1v) is 14.1. The zero-order valence-corrected chi connectivity index (χ0v) is 23.3. The van der Waals surface area contributed by atoms with E-state index in [9.17, 15) is 14.7 Å². The van der Waals surface area contributed by atoms with E-state index in [4.69, 9.17) is 0 Å². The van der Waals surface area contributed by atoms with Gasteiger partial charge in [-0.05, 0) is 42.5 Å². The Balaban J connectivity index is 1.26. The molecule has 1 saturated heterocycles. The van der Waals surface area contributed by atoms with E-state index in [1.54, 1.807) is 18.3 Å². The van der Waals surface area contributed by atoms with Gasteiger partial charge in [0.2, 0.25) is 5.91 Å². The number of fused-ring (bicyclic) bond motifs is 1. The van der Waals surface area contributed by atoms with Gasteiger partial charge in [0, 0.05) is 44.2 Å². The Morgan fingerprint density at radius 2 is 1.95 bits per heavy atom. The average molecular weight is 533 g/mol. The van der Waals surface area contributed by atoms with Crippen molar-refractivity contribution in [2.75, 3.05) is 13.1 Å². The quantitative estimate of drug-likeness (QED) is 0.453. The molecule has 0 unspecified atom stereocenters. The van der Waals surface area contributed by atoms with E-state index in [0.717, 1.165) is 32.8 Å². The molecule has 5 rings (SSSR count). The highest BCUT2D eigenvalue weighted by atomic mass is 32.1. The molecular weight excluding hydrogens is 496 g/mol. The number of hydrogen-bond donors (Lipinski definition) is 2. The number of thiazole rings is 1. The van der Waals surface area contributed by atoms with Gasteiger partial charge in [-0.15, -0.1) is 11.3 Å².